The molecule has 0 aliphatic rings. The minimum atomic E-state index is 0.386. The third-order valence-electron chi connectivity index (χ3n) is 3.29. The van der Waals surface area contributed by atoms with Crippen LogP contribution in [0, 0.1) is 11.3 Å². The maximum atomic E-state index is 5.71. The second kappa shape index (κ2) is 7.68. The van der Waals surface area contributed by atoms with Gasteiger partial charge in [0.15, 0.2) is 0 Å². The van der Waals surface area contributed by atoms with E-state index in [2.05, 4.69) is 71.1 Å². The van der Waals surface area contributed by atoms with E-state index in [0.29, 0.717) is 17.4 Å². The Morgan fingerprint density at radius 2 is 1.65 bits per heavy atom. The first-order valence-corrected chi connectivity index (χ1v) is 7.74. The van der Waals surface area contributed by atoms with Gasteiger partial charge in [0.1, 0.15) is 5.75 Å². The van der Waals surface area contributed by atoms with E-state index in [9.17, 15) is 0 Å². The molecule has 0 aliphatic carbocycles. The number of benzene rings is 1. The van der Waals surface area contributed by atoms with E-state index in [0.717, 1.165) is 18.9 Å². The number of hydrogen-bond acceptors (Lipinski definition) is 2. The molecule has 1 aromatic rings. The summed E-state index contributed by atoms with van der Waals surface area (Å²) in [5, 5.41) is 3.58. The highest BCUT2D eigenvalue weighted by Crippen LogP contribution is 2.20. The molecule has 2 nitrogen and oxygen atoms in total. The van der Waals surface area contributed by atoms with Crippen LogP contribution < -0.4 is 10.1 Å². The van der Waals surface area contributed by atoms with Gasteiger partial charge in [-0.1, -0.05) is 46.8 Å². The van der Waals surface area contributed by atoms with Gasteiger partial charge < -0.3 is 10.1 Å². The predicted molar refractivity (Wildman–Crippen MR) is 87.3 cm³/mol. The van der Waals surface area contributed by atoms with Crippen molar-refractivity contribution in [2.45, 2.75) is 54.0 Å². The van der Waals surface area contributed by atoms with Crippen LogP contribution in [0.1, 0.15) is 59.6 Å². The number of rotatable bonds is 7. The van der Waals surface area contributed by atoms with Crippen molar-refractivity contribution in [1.82, 2.24) is 5.32 Å². The van der Waals surface area contributed by atoms with Gasteiger partial charge in [0.25, 0.3) is 0 Å². The first-order valence-electron chi connectivity index (χ1n) is 7.74. The highest BCUT2D eigenvalue weighted by Gasteiger charge is 2.11. The van der Waals surface area contributed by atoms with Gasteiger partial charge in [-0.3, -0.25) is 0 Å². The van der Waals surface area contributed by atoms with E-state index < -0.39 is 0 Å². The molecule has 0 saturated carbocycles. The highest BCUT2D eigenvalue weighted by molar-refractivity contribution is 5.28. The summed E-state index contributed by atoms with van der Waals surface area (Å²) >= 11 is 0. The zero-order valence-corrected chi connectivity index (χ0v) is 14.0. The van der Waals surface area contributed by atoms with Crippen molar-refractivity contribution in [3.8, 4) is 5.75 Å². The molecule has 0 heterocycles. The summed E-state index contributed by atoms with van der Waals surface area (Å²) in [4.78, 5) is 0. The smallest absolute Gasteiger partial charge is 0.119 e. The van der Waals surface area contributed by atoms with Crippen LogP contribution in [0.2, 0.25) is 0 Å². The van der Waals surface area contributed by atoms with Crippen LogP contribution in [0.5, 0.6) is 5.75 Å². The molecule has 0 amide bonds. The topological polar surface area (TPSA) is 21.3 Å². The van der Waals surface area contributed by atoms with Crippen molar-refractivity contribution in [3.05, 3.63) is 29.8 Å². The molecule has 0 spiro atoms. The molecule has 2 heteroatoms. The molecule has 0 fully saturated rings. The Bertz CT molecular complexity index is 375. The second-order valence-electron chi connectivity index (χ2n) is 7.26. The molecule has 1 aromatic carbocycles. The van der Waals surface area contributed by atoms with Crippen LogP contribution in [-0.4, -0.2) is 13.2 Å². The Morgan fingerprint density at radius 3 is 2.15 bits per heavy atom. The van der Waals surface area contributed by atoms with E-state index in [1.165, 1.54) is 12.0 Å². The highest BCUT2D eigenvalue weighted by atomic mass is 16.5. The first-order chi connectivity index (χ1) is 9.28. The maximum absolute atomic E-state index is 5.71. The van der Waals surface area contributed by atoms with E-state index >= 15 is 0 Å². The van der Waals surface area contributed by atoms with Gasteiger partial charge in [-0.25, -0.2) is 0 Å². The molecule has 0 saturated heterocycles. The monoisotopic (exact) mass is 277 g/mol. The van der Waals surface area contributed by atoms with Crippen LogP contribution >= 0.6 is 0 Å². The summed E-state index contributed by atoms with van der Waals surface area (Å²) in [6, 6.07) is 8.84. The van der Waals surface area contributed by atoms with E-state index in [4.69, 9.17) is 4.74 Å². The van der Waals surface area contributed by atoms with Gasteiger partial charge in [0.2, 0.25) is 0 Å². The molecule has 0 aliphatic heterocycles. The molecule has 20 heavy (non-hydrogen) atoms. The van der Waals surface area contributed by atoms with Crippen molar-refractivity contribution in [3.63, 3.8) is 0 Å². The van der Waals surface area contributed by atoms with Crippen LogP contribution in [0.4, 0.5) is 0 Å². The van der Waals surface area contributed by atoms with E-state index in [-0.39, 0.29) is 0 Å². The van der Waals surface area contributed by atoms with Crippen LogP contribution in [-0.2, 0) is 0 Å². The quantitative estimate of drug-likeness (QED) is 0.772. The molecular formula is C18H31NO. The summed E-state index contributed by atoms with van der Waals surface area (Å²) in [6.07, 6.45) is 1.19. The van der Waals surface area contributed by atoms with Gasteiger partial charge >= 0.3 is 0 Å². The normalized spacial score (nSPS) is 13.6. The molecule has 0 bridgehead atoms. The Labute approximate surface area is 124 Å². The third-order valence-corrected chi connectivity index (χ3v) is 3.29. The lowest BCUT2D eigenvalue weighted by molar-refractivity contribution is 0.271. The van der Waals surface area contributed by atoms with Gasteiger partial charge in [-0.05, 0) is 48.9 Å². The molecule has 1 N–H and O–H groups in total. The minimum absolute atomic E-state index is 0.386. The Kier molecular flexibility index (Phi) is 6.54. The minimum Gasteiger partial charge on any atom is -0.493 e. The largest absolute Gasteiger partial charge is 0.493 e. The van der Waals surface area contributed by atoms with Crippen molar-refractivity contribution in [1.29, 1.82) is 0 Å². The summed E-state index contributed by atoms with van der Waals surface area (Å²) in [5.41, 5.74) is 1.71. The average molecular weight is 277 g/mol. The molecule has 0 aromatic heterocycles. The van der Waals surface area contributed by atoms with Gasteiger partial charge in [0, 0.05) is 6.04 Å². The van der Waals surface area contributed by atoms with Crippen molar-refractivity contribution < 1.29 is 4.74 Å². The average Bonchev–Trinajstić information content (AvgIpc) is 2.35. The van der Waals surface area contributed by atoms with E-state index in [1.54, 1.807) is 0 Å². The Morgan fingerprint density at radius 1 is 1.05 bits per heavy atom. The fourth-order valence-electron chi connectivity index (χ4n) is 1.90. The fraction of sp³-hybridized carbons (Fsp3) is 0.667. The number of ether oxygens (including phenoxy) is 1. The van der Waals surface area contributed by atoms with E-state index in [1.807, 2.05) is 0 Å². The zero-order chi connectivity index (χ0) is 15.2. The lowest BCUT2D eigenvalue weighted by Crippen LogP contribution is -2.23. The fourth-order valence-corrected chi connectivity index (χ4v) is 1.90. The number of nitrogens with one attached hydrogen (secondary N) is 1. The standard InChI is InChI=1S/C18H31NO/c1-14(2)13-20-17-9-7-16(8-10-17)15(3)19-12-11-18(4,5)6/h7-10,14-15,19H,11-13H2,1-6H3. The summed E-state index contributed by atoms with van der Waals surface area (Å²) < 4.78 is 5.71. The van der Waals surface area contributed by atoms with Crippen LogP contribution in [0.25, 0.3) is 0 Å². The third kappa shape index (κ3) is 6.95. The van der Waals surface area contributed by atoms with Crippen LogP contribution in [0.15, 0.2) is 24.3 Å². The van der Waals surface area contributed by atoms with Crippen LogP contribution in [0.3, 0.4) is 0 Å². The number of hydrogen-bond donors (Lipinski definition) is 1. The maximum Gasteiger partial charge on any atom is 0.119 e. The summed E-state index contributed by atoms with van der Waals surface area (Å²) in [5.74, 6) is 1.53. The summed E-state index contributed by atoms with van der Waals surface area (Å²) in [7, 11) is 0. The molecule has 1 atom stereocenters. The lowest BCUT2D eigenvalue weighted by atomic mass is 9.92. The second-order valence-corrected chi connectivity index (χ2v) is 7.26. The molecule has 114 valence electrons. The first kappa shape index (κ1) is 17.0. The zero-order valence-electron chi connectivity index (χ0n) is 14.0. The molecule has 1 rings (SSSR count). The van der Waals surface area contributed by atoms with Crippen molar-refractivity contribution in [2.75, 3.05) is 13.2 Å². The van der Waals surface area contributed by atoms with Gasteiger partial charge in [-0.15, -0.1) is 0 Å². The molecular weight excluding hydrogens is 246 g/mol. The van der Waals surface area contributed by atoms with Gasteiger partial charge in [-0.2, -0.15) is 0 Å². The Balaban J connectivity index is 2.43. The van der Waals surface area contributed by atoms with Crippen molar-refractivity contribution >= 4 is 0 Å². The summed E-state index contributed by atoms with van der Waals surface area (Å²) in [6.45, 7) is 15.2. The molecule has 1 unspecified atom stereocenters. The predicted octanol–water partition coefficient (Wildman–Crippen LogP) is 4.81. The Hall–Kier alpha value is -1.02. The molecule has 0 radical (unpaired) electrons. The van der Waals surface area contributed by atoms with Gasteiger partial charge in [0.05, 0.1) is 6.61 Å². The lowest BCUT2D eigenvalue weighted by Gasteiger charge is -2.21. The van der Waals surface area contributed by atoms with Crippen molar-refractivity contribution in [2.24, 2.45) is 11.3 Å². The SMILES string of the molecule is CC(C)COc1ccc(C(C)NCCC(C)(C)C)cc1.